The van der Waals surface area contributed by atoms with Crippen molar-refractivity contribution in [3.63, 3.8) is 0 Å². The van der Waals surface area contributed by atoms with Gasteiger partial charge in [0.05, 0.1) is 12.0 Å². The van der Waals surface area contributed by atoms with E-state index in [-0.39, 0.29) is 17.7 Å². The molecule has 0 saturated carbocycles. The molecule has 3 nitrogen and oxygen atoms in total. The second-order valence-corrected chi connectivity index (χ2v) is 6.38. The van der Waals surface area contributed by atoms with Crippen LogP contribution in [-0.4, -0.2) is 18.7 Å². The van der Waals surface area contributed by atoms with Gasteiger partial charge in [0.1, 0.15) is 0 Å². The summed E-state index contributed by atoms with van der Waals surface area (Å²) in [5.41, 5.74) is 2.02. The van der Waals surface area contributed by atoms with Gasteiger partial charge in [-0.15, -0.1) is 0 Å². The number of benzene rings is 3. The van der Waals surface area contributed by atoms with Crippen LogP contribution in [0.3, 0.4) is 0 Å². The fourth-order valence-corrected chi connectivity index (χ4v) is 3.19. The number of ether oxygens (including phenoxy) is 1. The SMILES string of the molecule is COC(CC(C(=O)c1ccccc1)C(=O)c1ccccc1)c1ccccc1. The Bertz CT molecular complexity index is 822. The van der Waals surface area contributed by atoms with E-state index in [0.717, 1.165) is 5.56 Å². The number of carbonyl (C=O) groups excluding carboxylic acids is 2. The summed E-state index contributed by atoms with van der Waals surface area (Å²) in [6, 6.07) is 27.6. The fourth-order valence-electron chi connectivity index (χ4n) is 3.19. The van der Waals surface area contributed by atoms with Gasteiger partial charge >= 0.3 is 0 Å². The van der Waals surface area contributed by atoms with E-state index < -0.39 is 5.92 Å². The third-order valence-electron chi connectivity index (χ3n) is 4.66. The minimum atomic E-state index is -0.806. The number of hydrogen-bond donors (Lipinski definition) is 0. The Balaban J connectivity index is 1.94. The average molecular weight is 358 g/mol. The third kappa shape index (κ3) is 4.57. The van der Waals surface area contributed by atoms with Crippen LogP contribution in [0.5, 0.6) is 0 Å². The van der Waals surface area contributed by atoms with Crippen molar-refractivity contribution in [3.05, 3.63) is 108 Å². The first-order chi connectivity index (χ1) is 13.2. The molecule has 0 aliphatic rings. The maximum Gasteiger partial charge on any atom is 0.173 e. The molecule has 27 heavy (non-hydrogen) atoms. The zero-order valence-corrected chi connectivity index (χ0v) is 15.2. The van der Waals surface area contributed by atoms with Gasteiger partial charge in [0.25, 0.3) is 0 Å². The minimum Gasteiger partial charge on any atom is -0.377 e. The maximum atomic E-state index is 13.2. The summed E-state index contributed by atoms with van der Waals surface area (Å²) in [7, 11) is 1.61. The van der Waals surface area contributed by atoms with Crippen molar-refractivity contribution in [2.24, 2.45) is 5.92 Å². The summed E-state index contributed by atoms with van der Waals surface area (Å²) in [5.74, 6) is -1.16. The van der Waals surface area contributed by atoms with Crippen LogP contribution < -0.4 is 0 Å². The largest absolute Gasteiger partial charge is 0.377 e. The van der Waals surface area contributed by atoms with Gasteiger partial charge in [-0.1, -0.05) is 91.0 Å². The Hall–Kier alpha value is -3.04. The lowest BCUT2D eigenvalue weighted by Crippen LogP contribution is -2.27. The quantitative estimate of drug-likeness (QED) is 0.413. The normalized spacial score (nSPS) is 11.9. The number of hydrogen-bond acceptors (Lipinski definition) is 3. The van der Waals surface area contributed by atoms with Crippen molar-refractivity contribution in [2.75, 3.05) is 7.11 Å². The Labute approximate surface area is 159 Å². The highest BCUT2D eigenvalue weighted by Crippen LogP contribution is 2.29. The predicted molar refractivity (Wildman–Crippen MR) is 106 cm³/mol. The summed E-state index contributed by atoms with van der Waals surface area (Å²) in [4.78, 5) is 26.3. The first-order valence-electron chi connectivity index (χ1n) is 8.97. The highest BCUT2D eigenvalue weighted by molar-refractivity contribution is 6.16. The van der Waals surface area contributed by atoms with E-state index in [1.54, 1.807) is 31.4 Å². The molecular weight excluding hydrogens is 336 g/mol. The Kier molecular flexibility index (Phi) is 6.29. The van der Waals surface area contributed by atoms with Gasteiger partial charge in [0, 0.05) is 18.2 Å². The van der Waals surface area contributed by atoms with Crippen LogP contribution in [0.4, 0.5) is 0 Å². The van der Waals surface area contributed by atoms with Crippen molar-refractivity contribution >= 4 is 11.6 Å². The molecule has 0 bridgehead atoms. The molecule has 0 fully saturated rings. The molecule has 0 N–H and O–H groups in total. The summed E-state index contributed by atoms with van der Waals surface area (Å²) >= 11 is 0. The number of rotatable bonds is 8. The maximum absolute atomic E-state index is 13.2. The molecule has 1 atom stereocenters. The summed E-state index contributed by atoms with van der Waals surface area (Å²) in [5, 5.41) is 0. The molecule has 3 rings (SSSR count). The molecule has 0 amide bonds. The van der Waals surface area contributed by atoms with Crippen molar-refractivity contribution in [2.45, 2.75) is 12.5 Å². The van der Waals surface area contributed by atoms with Gasteiger partial charge in [-0.05, 0) is 12.0 Å². The first kappa shape index (κ1) is 18.7. The molecule has 136 valence electrons. The number of ketones is 2. The van der Waals surface area contributed by atoms with Gasteiger partial charge in [-0.3, -0.25) is 9.59 Å². The van der Waals surface area contributed by atoms with Crippen molar-refractivity contribution in [1.82, 2.24) is 0 Å². The molecule has 3 aromatic rings. The summed E-state index contributed by atoms with van der Waals surface area (Å²) in [6.07, 6.45) is -0.0429. The molecule has 0 aromatic heterocycles. The predicted octanol–water partition coefficient (Wildman–Crippen LogP) is 5.15. The van der Waals surface area contributed by atoms with E-state index in [4.69, 9.17) is 4.74 Å². The molecule has 3 heteroatoms. The number of methoxy groups -OCH3 is 1. The monoisotopic (exact) mass is 358 g/mol. The van der Waals surface area contributed by atoms with E-state index in [2.05, 4.69) is 0 Å². The summed E-state index contributed by atoms with van der Waals surface area (Å²) < 4.78 is 5.63. The van der Waals surface area contributed by atoms with Gasteiger partial charge in [-0.25, -0.2) is 0 Å². The van der Waals surface area contributed by atoms with E-state index >= 15 is 0 Å². The first-order valence-corrected chi connectivity index (χ1v) is 8.97. The van der Waals surface area contributed by atoms with Crippen LogP contribution in [0.2, 0.25) is 0 Å². The van der Waals surface area contributed by atoms with E-state index in [1.165, 1.54) is 0 Å². The molecule has 0 spiro atoms. The highest BCUT2D eigenvalue weighted by atomic mass is 16.5. The molecule has 0 heterocycles. The van der Waals surface area contributed by atoms with Gasteiger partial charge < -0.3 is 4.74 Å². The van der Waals surface area contributed by atoms with E-state index in [0.29, 0.717) is 17.5 Å². The topological polar surface area (TPSA) is 43.4 Å². The van der Waals surface area contributed by atoms with Gasteiger partial charge in [0.15, 0.2) is 11.6 Å². The summed E-state index contributed by atoms with van der Waals surface area (Å²) in [6.45, 7) is 0. The lowest BCUT2D eigenvalue weighted by Gasteiger charge is -2.22. The van der Waals surface area contributed by atoms with Crippen LogP contribution in [0.25, 0.3) is 0 Å². The fraction of sp³-hybridized carbons (Fsp3) is 0.167. The average Bonchev–Trinajstić information content (AvgIpc) is 2.75. The molecule has 0 radical (unpaired) electrons. The second-order valence-electron chi connectivity index (χ2n) is 6.38. The highest BCUT2D eigenvalue weighted by Gasteiger charge is 2.31. The van der Waals surface area contributed by atoms with Gasteiger partial charge in [-0.2, -0.15) is 0 Å². The Morgan fingerprint density at radius 3 is 1.52 bits per heavy atom. The van der Waals surface area contributed by atoms with Crippen LogP contribution in [-0.2, 0) is 4.74 Å². The Morgan fingerprint density at radius 1 is 0.704 bits per heavy atom. The molecule has 1 unspecified atom stereocenters. The smallest absolute Gasteiger partial charge is 0.173 e. The van der Waals surface area contributed by atoms with Crippen molar-refractivity contribution in [3.8, 4) is 0 Å². The number of carbonyl (C=O) groups is 2. The van der Waals surface area contributed by atoms with E-state index in [1.807, 2.05) is 66.7 Å². The van der Waals surface area contributed by atoms with Crippen molar-refractivity contribution < 1.29 is 14.3 Å². The van der Waals surface area contributed by atoms with Crippen LogP contribution >= 0.6 is 0 Å². The second kappa shape index (κ2) is 9.06. The van der Waals surface area contributed by atoms with Gasteiger partial charge in [0.2, 0.25) is 0 Å². The third-order valence-corrected chi connectivity index (χ3v) is 4.66. The minimum absolute atomic E-state index is 0.178. The molecule has 3 aromatic carbocycles. The van der Waals surface area contributed by atoms with Crippen LogP contribution in [0.15, 0.2) is 91.0 Å². The Morgan fingerprint density at radius 2 is 1.11 bits per heavy atom. The molecule has 0 saturated heterocycles. The van der Waals surface area contributed by atoms with E-state index in [9.17, 15) is 9.59 Å². The lowest BCUT2D eigenvalue weighted by atomic mass is 9.84. The lowest BCUT2D eigenvalue weighted by molar-refractivity contribution is 0.0600. The van der Waals surface area contributed by atoms with Crippen LogP contribution in [0.1, 0.15) is 38.8 Å². The molecule has 0 aliphatic heterocycles. The molecular formula is C24H22O3. The standard InChI is InChI=1S/C24H22O3/c1-27-22(18-11-5-2-6-12-18)17-21(23(25)19-13-7-3-8-14-19)24(26)20-15-9-4-10-16-20/h2-16,21-22H,17H2,1H3. The molecule has 0 aliphatic carbocycles. The zero-order chi connectivity index (χ0) is 19.1. The number of Topliss-reactive ketones (excluding diaryl/α,β-unsaturated/α-hetero) is 2. The van der Waals surface area contributed by atoms with Crippen molar-refractivity contribution in [1.29, 1.82) is 0 Å². The zero-order valence-electron chi connectivity index (χ0n) is 15.2. The van der Waals surface area contributed by atoms with Crippen LogP contribution in [0, 0.1) is 5.92 Å².